The highest BCUT2D eigenvalue weighted by Gasteiger charge is 2.17. The van der Waals surface area contributed by atoms with E-state index in [0.29, 0.717) is 101 Å². The highest BCUT2D eigenvalue weighted by molar-refractivity contribution is 5.94. The van der Waals surface area contributed by atoms with Crippen LogP contribution in [-0.4, -0.2) is 101 Å². The van der Waals surface area contributed by atoms with Gasteiger partial charge in [-0.2, -0.15) is 15.0 Å². The van der Waals surface area contributed by atoms with Crippen molar-refractivity contribution in [2.45, 2.75) is 0 Å². The van der Waals surface area contributed by atoms with Gasteiger partial charge < -0.3 is 44.5 Å². The molecule has 13 nitrogen and oxygen atoms in total. The Hall–Kier alpha value is -4.20. The summed E-state index contributed by atoms with van der Waals surface area (Å²) in [5.74, 6) is 2.49. The third-order valence-corrected chi connectivity index (χ3v) is 6.03. The molecular weight excluding hydrogens is 530 g/mol. The summed E-state index contributed by atoms with van der Waals surface area (Å²) in [5, 5.41) is 9.27. The summed E-state index contributed by atoms with van der Waals surface area (Å²) in [6.07, 6.45) is 0. The SMILES string of the molecule is COc1ccc(Nc2nc(NCCOCCOCCNC(=O)c3ccccc3)nc(N3CCOCC3)n2)cc1OC. The molecule has 0 spiro atoms. The molecule has 1 aromatic heterocycles. The minimum Gasteiger partial charge on any atom is -0.493 e. The maximum Gasteiger partial charge on any atom is 0.251 e. The Labute approximate surface area is 239 Å². The molecule has 3 aromatic rings. The number of nitrogens with one attached hydrogen (secondary N) is 3. The van der Waals surface area contributed by atoms with Gasteiger partial charge in [0.1, 0.15) is 0 Å². The van der Waals surface area contributed by atoms with Gasteiger partial charge in [-0.25, -0.2) is 0 Å². The molecule has 1 fully saturated rings. The van der Waals surface area contributed by atoms with E-state index in [0.717, 1.165) is 5.69 Å². The number of hydrogen-bond donors (Lipinski definition) is 3. The van der Waals surface area contributed by atoms with Crippen molar-refractivity contribution < 1.29 is 28.5 Å². The van der Waals surface area contributed by atoms with Crippen molar-refractivity contribution in [2.75, 3.05) is 95.6 Å². The summed E-state index contributed by atoms with van der Waals surface area (Å²) in [4.78, 5) is 27.8. The van der Waals surface area contributed by atoms with Gasteiger partial charge in [-0.3, -0.25) is 4.79 Å². The number of aromatic nitrogens is 3. The number of anilines is 4. The number of nitrogens with zero attached hydrogens (tertiary/aromatic N) is 4. The van der Waals surface area contributed by atoms with Crippen molar-refractivity contribution in [3.63, 3.8) is 0 Å². The summed E-state index contributed by atoms with van der Waals surface area (Å²) in [6, 6.07) is 14.6. The average molecular weight is 568 g/mol. The Bertz CT molecular complexity index is 1230. The Morgan fingerprint density at radius 1 is 0.854 bits per heavy atom. The first-order valence-electron chi connectivity index (χ1n) is 13.5. The molecule has 3 N–H and O–H groups in total. The number of amides is 1. The van der Waals surface area contributed by atoms with Crippen LogP contribution in [0.4, 0.5) is 23.5 Å². The third-order valence-electron chi connectivity index (χ3n) is 6.03. The van der Waals surface area contributed by atoms with E-state index in [2.05, 4.69) is 35.8 Å². The largest absolute Gasteiger partial charge is 0.493 e. The van der Waals surface area contributed by atoms with E-state index in [1.165, 1.54) is 0 Å². The number of ether oxygens (including phenoxy) is 5. The number of carbonyl (C=O) groups is 1. The Morgan fingerprint density at radius 3 is 2.29 bits per heavy atom. The van der Waals surface area contributed by atoms with E-state index < -0.39 is 0 Å². The van der Waals surface area contributed by atoms with E-state index in [1.54, 1.807) is 26.4 Å². The second kappa shape index (κ2) is 16.2. The fraction of sp³-hybridized carbons (Fsp3) is 0.429. The zero-order valence-electron chi connectivity index (χ0n) is 23.4. The summed E-state index contributed by atoms with van der Waals surface area (Å²) >= 11 is 0. The fourth-order valence-electron chi connectivity index (χ4n) is 3.93. The second-order valence-corrected chi connectivity index (χ2v) is 8.85. The van der Waals surface area contributed by atoms with E-state index >= 15 is 0 Å². The van der Waals surface area contributed by atoms with Crippen LogP contribution < -0.4 is 30.3 Å². The van der Waals surface area contributed by atoms with Crippen molar-refractivity contribution in [3.8, 4) is 11.5 Å². The van der Waals surface area contributed by atoms with Gasteiger partial charge in [-0.15, -0.1) is 0 Å². The van der Waals surface area contributed by atoms with Crippen LogP contribution in [0.15, 0.2) is 48.5 Å². The number of rotatable bonds is 16. The Morgan fingerprint density at radius 2 is 1.56 bits per heavy atom. The van der Waals surface area contributed by atoms with Crippen LogP contribution in [0.1, 0.15) is 10.4 Å². The van der Waals surface area contributed by atoms with Gasteiger partial charge in [0.25, 0.3) is 5.91 Å². The lowest BCUT2D eigenvalue weighted by Crippen LogP contribution is -2.37. The summed E-state index contributed by atoms with van der Waals surface area (Å²) < 4.78 is 27.4. The summed E-state index contributed by atoms with van der Waals surface area (Å²) in [7, 11) is 3.18. The standard InChI is InChI=1S/C28H37N7O6/c1-37-23-9-8-22(20-24(23)38-2)31-27-32-26(33-28(34-27)35-12-16-41-17-13-35)30-11-15-40-19-18-39-14-10-29-25(36)21-6-4-3-5-7-21/h3-9,20H,10-19H2,1-2H3,(H,29,36)(H2,30,31,32,33,34). The predicted octanol–water partition coefficient (Wildman–Crippen LogP) is 2.34. The van der Waals surface area contributed by atoms with Crippen LogP contribution in [0.25, 0.3) is 0 Å². The van der Waals surface area contributed by atoms with Gasteiger partial charge in [-0.1, -0.05) is 18.2 Å². The van der Waals surface area contributed by atoms with Crippen LogP contribution in [-0.2, 0) is 14.2 Å². The first-order chi connectivity index (χ1) is 20.2. The zero-order valence-corrected chi connectivity index (χ0v) is 23.4. The van der Waals surface area contributed by atoms with Gasteiger partial charge in [0.05, 0.1) is 53.9 Å². The van der Waals surface area contributed by atoms with E-state index in [-0.39, 0.29) is 5.91 Å². The number of hydrogen-bond acceptors (Lipinski definition) is 12. The van der Waals surface area contributed by atoms with E-state index in [1.807, 2.05) is 36.4 Å². The molecule has 0 atom stereocenters. The van der Waals surface area contributed by atoms with Crippen LogP contribution in [0.5, 0.6) is 11.5 Å². The summed E-state index contributed by atoms with van der Waals surface area (Å²) in [5.41, 5.74) is 1.37. The molecule has 41 heavy (non-hydrogen) atoms. The molecule has 0 unspecified atom stereocenters. The number of carbonyl (C=O) groups excluding carboxylic acids is 1. The maximum atomic E-state index is 12.0. The minimum atomic E-state index is -0.117. The molecule has 2 aromatic carbocycles. The van der Waals surface area contributed by atoms with Gasteiger partial charge in [0.2, 0.25) is 17.8 Å². The molecule has 0 saturated carbocycles. The van der Waals surface area contributed by atoms with Crippen LogP contribution in [0, 0.1) is 0 Å². The lowest BCUT2D eigenvalue weighted by atomic mass is 10.2. The Kier molecular flexibility index (Phi) is 11.7. The van der Waals surface area contributed by atoms with Gasteiger partial charge in [-0.05, 0) is 24.3 Å². The van der Waals surface area contributed by atoms with Crippen LogP contribution >= 0.6 is 0 Å². The lowest BCUT2D eigenvalue weighted by molar-refractivity contribution is 0.0519. The second-order valence-electron chi connectivity index (χ2n) is 8.85. The molecule has 4 rings (SSSR count). The minimum absolute atomic E-state index is 0.117. The maximum absolute atomic E-state index is 12.0. The fourth-order valence-corrected chi connectivity index (χ4v) is 3.93. The lowest BCUT2D eigenvalue weighted by Gasteiger charge is -2.27. The first-order valence-corrected chi connectivity index (χ1v) is 13.5. The van der Waals surface area contributed by atoms with Gasteiger partial charge in [0, 0.05) is 43.5 Å². The van der Waals surface area contributed by atoms with E-state index in [9.17, 15) is 4.79 Å². The van der Waals surface area contributed by atoms with Crippen LogP contribution in [0.3, 0.4) is 0 Å². The zero-order chi connectivity index (χ0) is 28.7. The Balaban J connectivity index is 1.21. The smallest absolute Gasteiger partial charge is 0.251 e. The molecule has 13 heteroatoms. The number of morpholine rings is 1. The van der Waals surface area contributed by atoms with Crippen molar-refractivity contribution >= 4 is 29.4 Å². The third kappa shape index (κ3) is 9.45. The molecule has 220 valence electrons. The number of methoxy groups -OCH3 is 2. The molecule has 0 radical (unpaired) electrons. The topological polar surface area (TPSA) is 141 Å². The van der Waals surface area contributed by atoms with E-state index in [4.69, 9.17) is 23.7 Å². The highest BCUT2D eigenvalue weighted by atomic mass is 16.5. The number of benzene rings is 2. The van der Waals surface area contributed by atoms with Gasteiger partial charge >= 0.3 is 0 Å². The molecule has 2 heterocycles. The van der Waals surface area contributed by atoms with Crippen molar-refractivity contribution in [2.24, 2.45) is 0 Å². The molecule has 1 aliphatic rings. The van der Waals surface area contributed by atoms with Crippen LogP contribution in [0.2, 0.25) is 0 Å². The molecular formula is C28H37N7O6. The monoisotopic (exact) mass is 567 g/mol. The molecule has 1 saturated heterocycles. The first kappa shape index (κ1) is 29.8. The normalized spacial score (nSPS) is 13.0. The molecule has 1 aliphatic heterocycles. The quantitative estimate of drug-likeness (QED) is 0.219. The molecule has 1 amide bonds. The molecule has 0 bridgehead atoms. The average Bonchev–Trinajstić information content (AvgIpc) is 3.02. The summed E-state index contributed by atoms with van der Waals surface area (Å²) in [6.45, 7) is 5.23. The van der Waals surface area contributed by atoms with Gasteiger partial charge in [0.15, 0.2) is 11.5 Å². The highest BCUT2D eigenvalue weighted by Crippen LogP contribution is 2.31. The predicted molar refractivity (Wildman–Crippen MR) is 155 cm³/mol. The van der Waals surface area contributed by atoms with Crippen molar-refractivity contribution in [3.05, 3.63) is 54.1 Å². The van der Waals surface area contributed by atoms with Crippen molar-refractivity contribution in [1.82, 2.24) is 20.3 Å². The van der Waals surface area contributed by atoms with Crippen molar-refractivity contribution in [1.29, 1.82) is 0 Å². The molecule has 0 aliphatic carbocycles.